The Balaban J connectivity index is 3.20. The normalized spacial score (nSPS) is 13.6. The fourth-order valence-corrected chi connectivity index (χ4v) is 6.03. The Hall–Kier alpha value is -0.330. The van der Waals surface area contributed by atoms with E-state index in [4.69, 9.17) is 9.47 Å². The van der Waals surface area contributed by atoms with Crippen LogP contribution in [0.15, 0.2) is 12.1 Å². The third kappa shape index (κ3) is 5.91. The molecule has 0 saturated carbocycles. The third-order valence-corrected chi connectivity index (χ3v) is 7.26. The highest BCUT2D eigenvalue weighted by molar-refractivity contribution is 8.05. The number of hydrogen-bond acceptors (Lipinski definition) is 6. The highest BCUT2D eigenvalue weighted by atomic mass is 32.2. The van der Waals surface area contributed by atoms with Gasteiger partial charge in [-0.05, 0) is 35.0 Å². The third-order valence-electron chi connectivity index (χ3n) is 3.38. The van der Waals surface area contributed by atoms with Gasteiger partial charge in [-0.15, -0.1) is 0 Å². The molecule has 0 aliphatic rings. The van der Waals surface area contributed by atoms with Crippen LogP contribution in [0.3, 0.4) is 0 Å². The predicted octanol–water partition coefficient (Wildman–Crippen LogP) is 5.08. The number of aromatic hydroxyl groups is 1. The summed E-state index contributed by atoms with van der Waals surface area (Å²) in [5.41, 5.74) is 1.16. The topological polar surface area (TPSA) is 38.7 Å². The first-order valence-corrected chi connectivity index (χ1v) is 11.1. The summed E-state index contributed by atoms with van der Waals surface area (Å²) in [7, 11) is 3.15. The van der Waals surface area contributed by atoms with E-state index in [9.17, 15) is 5.11 Å². The molecule has 132 valence electrons. The van der Waals surface area contributed by atoms with Gasteiger partial charge in [0.15, 0.2) is 11.5 Å². The van der Waals surface area contributed by atoms with Gasteiger partial charge in [0.25, 0.3) is 0 Å². The molecule has 0 aromatic heterocycles. The van der Waals surface area contributed by atoms with Crippen LogP contribution in [0.5, 0.6) is 17.2 Å². The van der Waals surface area contributed by atoms with Crippen molar-refractivity contribution >= 4 is 35.3 Å². The molecule has 6 heteroatoms. The number of ether oxygens (including phenoxy) is 2. The van der Waals surface area contributed by atoms with Gasteiger partial charge in [0.05, 0.1) is 14.2 Å². The van der Waals surface area contributed by atoms with Crippen LogP contribution in [-0.2, 0) is 0 Å². The Bertz CT molecular complexity index is 443. The van der Waals surface area contributed by atoms with E-state index < -0.39 is 0 Å². The SMILES string of the molecule is CCSC[C@@H](SCC)[C@H](SCC)c1cc(OC)c(O)c(OC)c1. The maximum Gasteiger partial charge on any atom is 0.200 e. The van der Waals surface area contributed by atoms with E-state index in [-0.39, 0.29) is 5.75 Å². The monoisotopic (exact) mass is 376 g/mol. The molecular formula is C17H28O3S3. The second kappa shape index (κ2) is 11.3. The molecule has 0 amide bonds. The molecule has 1 N–H and O–H groups in total. The summed E-state index contributed by atoms with van der Waals surface area (Å²) >= 11 is 5.93. The second-order valence-corrected chi connectivity index (χ2v) is 9.06. The number of hydrogen-bond donors (Lipinski definition) is 1. The Kier molecular flexibility index (Phi) is 10.1. The van der Waals surface area contributed by atoms with Gasteiger partial charge in [0.1, 0.15) is 0 Å². The molecule has 0 radical (unpaired) electrons. The van der Waals surface area contributed by atoms with E-state index in [1.165, 1.54) is 0 Å². The maximum atomic E-state index is 10.1. The van der Waals surface area contributed by atoms with Crippen molar-refractivity contribution < 1.29 is 14.6 Å². The van der Waals surface area contributed by atoms with Crippen molar-refractivity contribution in [3.8, 4) is 17.2 Å². The van der Waals surface area contributed by atoms with E-state index in [1.807, 2.05) is 47.4 Å². The van der Waals surface area contributed by atoms with E-state index in [1.54, 1.807) is 14.2 Å². The van der Waals surface area contributed by atoms with Crippen LogP contribution in [-0.4, -0.2) is 47.6 Å². The number of rotatable bonds is 11. The van der Waals surface area contributed by atoms with Crippen molar-refractivity contribution in [1.82, 2.24) is 0 Å². The number of phenols is 1. The largest absolute Gasteiger partial charge is 0.502 e. The van der Waals surface area contributed by atoms with Gasteiger partial charge in [-0.2, -0.15) is 35.3 Å². The molecule has 0 spiro atoms. The van der Waals surface area contributed by atoms with Gasteiger partial charge in [0, 0.05) is 16.3 Å². The van der Waals surface area contributed by atoms with E-state index in [0.29, 0.717) is 22.0 Å². The van der Waals surface area contributed by atoms with Gasteiger partial charge in [-0.1, -0.05) is 20.8 Å². The lowest BCUT2D eigenvalue weighted by molar-refractivity contribution is 0.339. The van der Waals surface area contributed by atoms with Crippen LogP contribution >= 0.6 is 35.3 Å². The van der Waals surface area contributed by atoms with Crippen LogP contribution in [0, 0.1) is 0 Å². The van der Waals surface area contributed by atoms with Gasteiger partial charge in [-0.25, -0.2) is 0 Å². The minimum absolute atomic E-state index is 0.0710. The first-order chi connectivity index (χ1) is 11.1. The number of benzene rings is 1. The minimum Gasteiger partial charge on any atom is -0.502 e. The summed E-state index contributed by atoms with van der Waals surface area (Å²) in [6, 6.07) is 3.90. The van der Waals surface area contributed by atoms with Gasteiger partial charge in [-0.3, -0.25) is 0 Å². The van der Waals surface area contributed by atoms with Gasteiger partial charge < -0.3 is 14.6 Å². The first kappa shape index (κ1) is 20.7. The summed E-state index contributed by atoms with van der Waals surface area (Å²) < 4.78 is 10.7. The van der Waals surface area contributed by atoms with E-state index >= 15 is 0 Å². The predicted molar refractivity (Wildman–Crippen MR) is 107 cm³/mol. The molecule has 0 bridgehead atoms. The molecule has 0 heterocycles. The summed E-state index contributed by atoms with van der Waals surface area (Å²) in [6.45, 7) is 6.60. The van der Waals surface area contributed by atoms with E-state index in [0.717, 1.165) is 28.6 Å². The van der Waals surface area contributed by atoms with E-state index in [2.05, 4.69) is 20.8 Å². The maximum absolute atomic E-state index is 10.1. The van der Waals surface area contributed by atoms with Crippen molar-refractivity contribution in [2.75, 3.05) is 37.2 Å². The summed E-state index contributed by atoms with van der Waals surface area (Å²) in [5.74, 6) is 5.43. The quantitative estimate of drug-likeness (QED) is 0.581. The second-order valence-electron chi connectivity index (χ2n) is 4.80. The number of phenolic OH excluding ortho intramolecular Hbond substituents is 1. The lowest BCUT2D eigenvalue weighted by Crippen LogP contribution is -2.17. The van der Waals surface area contributed by atoms with Crippen molar-refractivity contribution in [2.45, 2.75) is 31.3 Å². The van der Waals surface area contributed by atoms with Crippen molar-refractivity contribution in [1.29, 1.82) is 0 Å². The Labute approximate surface area is 153 Å². The first-order valence-electron chi connectivity index (χ1n) is 7.88. The fraction of sp³-hybridized carbons (Fsp3) is 0.647. The summed E-state index contributed by atoms with van der Waals surface area (Å²) in [5, 5.41) is 11.0. The van der Waals surface area contributed by atoms with Crippen LogP contribution < -0.4 is 9.47 Å². The minimum atomic E-state index is 0.0710. The average Bonchev–Trinajstić information content (AvgIpc) is 2.57. The summed E-state index contributed by atoms with van der Waals surface area (Å²) in [4.78, 5) is 0. The smallest absolute Gasteiger partial charge is 0.200 e. The molecule has 2 atom stereocenters. The Morgan fingerprint density at radius 3 is 1.96 bits per heavy atom. The van der Waals surface area contributed by atoms with Crippen molar-refractivity contribution in [3.05, 3.63) is 17.7 Å². The molecule has 1 aromatic rings. The molecule has 23 heavy (non-hydrogen) atoms. The van der Waals surface area contributed by atoms with Gasteiger partial charge >= 0.3 is 0 Å². The molecule has 0 saturated heterocycles. The van der Waals surface area contributed by atoms with Crippen LogP contribution in [0.4, 0.5) is 0 Å². The molecule has 0 aliphatic carbocycles. The lowest BCUT2D eigenvalue weighted by Gasteiger charge is -2.27. The van der Waals surface area contributed by atoms with Crippen LogP contribution in [0.25, 0.3) is 0 Å². The zero-order chi connectivity index (χ0) is 17.2. The zero-order valence-electron chi connectivity index (χ0n) is 14.6. The average molecular weight is 377 g/mol. The summed E-state index contributed by atoms with van der Waals surface area (Å²) in [6.07, 6.45) is 0. The molecule has 0 unspecified atom stereocenters. The van der Waals surface area contributed by atoms with Crippen LogP contribution in [0.2, 0.25) is 0 Å². The lowest BCUT2D eigenvalue weighted by atomic mass is 10.1. The highest BCUT2D eigenvalue weighted by Crippen LogP contribution is 2.45. The zero-order valence-corrected chi connectivity index (χ0v) is 17.1. The van der Waals surface area contributed by atoms with Crippen molar-refractivity contribution in [2.24, 2.45) is 0 Å². The van der Waals surface area contributed by atoms with Gasteiger partial charge in [0.2, 0.25) is 5.75 Å². The molecule has 1 rings (SSSR count). The Morgan fingerprint density at radius 1 is 0.957 bits per heavy atom. The molecule has 0 fully saturated rings. The standard InChI is InChI=1S/C17H28O3S3/c1-6-21-11-15(22-7-2)17(23-8-3)12-9-13(19-4)16(18)14(10-12)20-5/h9-10,15,17-18H,6-8,11H2,1-5H3/t15-,17-/m1/s1. The molecule has 0 aliphatic heterocycles. The van der Waals surface area contributed by atoms with Crippen LogP contribution in [0.1, 0.15) is 31.6 Å². The molecular weight excluding hydrogens is 348 g/mol. The highest BCUT2D eigenvalue weighted by Gasteiger charge is 2.26. The molecule has 1 aromatic carbocycles. The number of thioether (sulfide) groups is 3. The molecule has 3 nitrogen and oxygen atoms in total. The number of methoxy groups -OCH3 is 2. The van der Waals surface area contributed by atoms with Crippen molar-refractivity contribution in [3.63, 3.8) is 0 Å². The fourth-order valence-electron chi connectivity index (χ4n) is 2.35. The Morgan fingerprint density at radius 2 is 1.52 bits per heavy atom.